The average Bonchev–Trinajstić information content (AvgIpc) is 3.73. The molecule has 0 bridgehead atoms. The van der Waals surface area contributed by atoms with E-state index in [1.165, 1.54) is 116 Å². The summed E-state index contributed by atoms with van der Waals surface area (Å²) in [6, 6.07) is 0. The van der Waals surface area contributed by atoms with Gasteiger partial charge in [0.2, 0.25) is 0 Å². The number of phosphoric acid groups is 2. The molecule has 0 saturated carbocycles. The minimum atomic E-state index is -4.97. The van der Waals surface area contributed by atoms with E-state index < -0.39 is 97.5 Å². The monoisotopic (exact) mass is 1300 g/mol. The molecule has 0 aliphatic heterocycles. The average molecular weight is 1300 g/mol. The Hall–Kier alpha value is -2.98. The lowest BCUT2D eigenvalue weighted by atomic mass is 10.1. The summed E-state index contributed by atoms with van der Waals surface area (Å²) in [6.45, 7) is 4.78. The van der Waals surface area contributed by atoms with Gasteiger partial charge < -0.3 is 33.8 Å². The van der Waals surface area contributed by atoms with E-state index in [0.29, 0.717) is 25.7 Å². The first kappa shape index (κ1) is 86.0. The Labute approximate surface area is 540 Å². The van der Waals surface area contributed by atoms with Crippen molar-refractivity contribution in [1.29, 1.82) is 0 Å². The van der Waals surface area contributed by atoms with Crippen molar-refractivity contribution >= 4 is 39.5 Å². The summed E-state index contributed by atoms with van der Waals surface area (Å²) in [7, 11) is -9.92. The van der Waals surface area contributed by atoms with E-state index in [4.69, 9.17) is 37.0 Å². The van der Waals surface area contributed by atoms with Crippen LogP contribution in [0.5, 0.6) is 0 Å². The third kappa shape index (κ3) is 63.6. The third-order valence-electron chi connectivity index (χ3n) is 15.1. The van der Waals surface area contributed by atoms with Crippen molar-refractivity contribution in [2.24, 2.45) is 0 Å². The van der Waals surface area contributed by atoms with Gasteiger partial charge in [-0.2, -0.15) is 0 Å². The number of unbranched alkanes of at least 4 members (excludes halogenated alkanes) is 35. The number of allylic oxidation sites excluding steroid dienone is 8. The van der Waals surface area contributed by atoms with Crippen molar-refractivity contribution < 1.29 is 80.2 Å². The first-order chi connectivity index (χ1) is 43.2. The van der Waals surface area contributed by atoms with Crippen LogP contribution < -0.4 is 0 Å². The number of aliphatic hydroxyl groups excluding tert-OH is 1. The number of hydrogen-bond donors (Lipinski definition) is 3. The molecule has 0 saturated heterocycles. The van der Waals surface area contributed by atoms with Gasteiger partial charge in [-0.3, -0.25) is 37.3 Å². The predicted octanol–water partition coefficient (Wildman–Crippen LogP) is 19.4. The quantitative estimate of drug-likeness (QED) is 0.0169. The second-order valence-corrected chi connectivity index (χ2v) is 26.8. The molecule has 2 unspecified atom stereocenters. The van der Waals surface area contributed by atoms with E-state index in [0.717, 1.165) is 122 Å². The predicted molar refractivity (Wildman–Crippen MR) is 358 cm³/mol. The van der Waals surface area contributed by atoms with Crippen molar-refractivity contribution in [2.45, 2.75) is 335 Å². The van der Waals surface area contributed by atoms with Crippen LogP contribution in [0.3, 0.4) is 0 Å². The molecule has 0 aromatic carbocycles. The highest BCUT2D eigenvalue weighted by molar-refractivity contribution is 7.47. The van der Waals surface area contributed by atoms with E-state index >= 15 is 0 Å². The maximum atomic E-state index is 13.0. The second-order valence-electron chi connectivity index (χ2n) is 23.9. The summed E-state index contributed by atoms with van der Waals surface area (Å²) in [6.07, 6.45) is 57.0. The zero-order valence-electron chi connectivity index (χ0n) is 56.4. The normalized spacial score (nSPS) is 14.4. The second kappa shape index (κ2) is 63.8. The van der Waals surface area contributed by atoms with Gasteiger partial charge >= 0.3 is 39.5 Å². The lowest BCUT2D eigenvalue weighted by Gasteiger charge is -2.21. The summed E-state index contributed by atoms with van der Waals surface area (Å²) in [4.78, 5) is 72.4. The Morgan fingerprint density at radius 1 is 0.315 bits per heavy atom. The Bertz CT molecular complexity index is 1890. The lowest BCUT2D eigenvalue weighted by Crippen LogP contribution is -2.30. The lowest BCUT2D eigenvalue weighted by molar-refractivity contribution is -0.161. The largest absolute Gasteiger partial charge is 0.472 e. The molecule has 0 aromatic rings. The molecule has 0 rings (SSSR count). The molecule has 0 aliphatic rings. The summed E-state index contributed by atoms with van der Waals surface area (Å²) in [5.74, 6) is -2.19. The minimum Gasteiger partial charge on any atom is -0.462 e. The summed E-state index contributed by atoms with van der Waals surface area (Å²) in [5, 5.41) is 10.6. The molecule has 0 radical (unpaired) electrons. The molecular formula is C70H128O17P2. The van der Waals surface area contributed by atoms with Crippen LogP contribution in [0.2, 0.25) is 0 Å². The van der Waals surface area contributed by atoms with Crippen LogP contribution in [-0.4, -0.2) is 96.7 Å². The van der Waals surface area contributed by atoms with E-state index in [2.05, 4.69) is 76.3 Å². The minimum absolute atomic E-state index is 0.0784. The zero-order valence-corrected chi connectivity index (χ0v) is 58.2. The number of phosphoric ester groups is 2. The van der Waals surface area contributed by atoms with Crippen molar-refractivity contribution in [3.8, 4) is 0 Å². The highest BCUT2D eigenvalue weighted by Crippen LogP contribution is 2.45. The van der Waals surface area contributed by atoms with Gasteiger partial charge in [0.25, 0.3) is 0 Å². The van der Waals surface area contributed by atoms with E-state index in [9.17, 15) is 43.2 Å². The summed E-state index contributed by atoms with van der Waals surface area (Å²) >= 11 is 0. The van der Waals surface area contributed by atoms with Gasteiger partial charge in [-0.05, 0) is 77.0 Å². The van der Waals surface area contributed by atoms with E-state index in [1.807, 2.05) is 0 Å². The fraction of sp³-hybridized carbons (Fsp3) is 0.829. The van der Waals surface area contributed by atoms with E-state index in [-0.39, 0.29) is 25.7 Å². The van der Waals surface area contributed by atoms with Crippen LogP contribution in [0.25, 0.3) is 0 Å². The highest BCUT2D eigenvalue weighted by Gasteiger charge is 2.30. The van der Waals surface area contributed by atoms with Gasteiger partial charge in [-0.15, -0.1) is 0 Å². The number of rotatable bonds is 67. The summed E-state index contributed by atoms with van der Waals surface area (Å²) < 4.78 is 68.1. The number of hydrogen-bond acceptors (Lipinski definition) is 15. The molecule has 5 atom stereocenters. The SMILES string of the molecule is CCCCCC/C=C\C=C/CCCCCCCC(=O)OC[C@H](COP(=O)(O)OC[C@@H](O)COP(=O)(O)OC[C@@H](COC(=O)CCCCCCCCCCC)OC(=O)CCCCCCCCCCCC)OC(=O)CCCCCCC/C=C\C=C/CCCCCC. The number of carbonyl (C=O) groups is 4. The summed E-state index contributed by atoms with van der Waals surface area (Å²) in [5.41, 5.74) is 0. The molecule has 0 fully saturated rings. The molecule has 0 aromatic heterocycles. The van der Waals surface area contributed by atoms with Crippen LogP contribution in [-0.2, 0) is 65.4 Å². The maximum absolute atomic E-state index is 13.0. The standard InChI is InChI=1S/C70H128O17P2/c1-5-9-13-17-21-25-28-30-32-34-36-40-43-47-51-55-68(73)81-61-66(87-70(75)57-53-49-45-41-37-35-33-31-29-26-22-18-14-10-6-2)63-85-89(78,79)83-59-64(71)58-82-88(76,77)84-62-65(60-80-67(72)54-50-46-42-38-24-20-16-12-8-4)86-69(74)56-52-48-44-39-27-23-19-15-11-7-3/h25-26,28-33,64-66,71H,5-24,27,34-63H2,1-4H3,(H,76,77)(H,78,79)/b28-25-,29-26-,32-30-,33-31-/t64-,65+,66+/m0/s1. The van der Waals surface area contributed by atoms with Gasteiger partial charge in [-0.1, -0.05) is 263 Å². The number of esters is 4. The molecule has 0 spiro atoms. The zero-order chi connectivity index (χ0) is 65.4. The smallest absolute Gasteiger partial charge is 0.462 e. The van der Waals surface area contributed by atoms with Gasteiger partial charge in [0.05, 0.1) is 26.4 Å². The first-order valence-corrected chi connectivity index (χ1v) is 38.4. The maximum Gasteiger partial charge on any atom is 0.472 e. The fourth-order valence-corrected chi connectivity index (χ4v) is 11.2. The molecule has 0 amide bonds. The van der Waals surface area contributed by atoms with Crippen LogP contribution >= 0.6 is 15.6 Å². The Kier molecular flexibility index (Phi) is 61.6. The van der Waals surface area contributed by atoms with Crippen molar-refractivity contribution in [1.82, 2.24) is 0 Å². The van der Waals surface area contributed by atoms with Crippen LogP contribution in [0.15, 0.2) is 48.6 Å². The molecule has 0 aliphatic carbocycles. The molecule has 89 heavy (non-hydrogen) atoms. The van der Waals surface area contributed by atoms with Gasteiger partial charge in [0.1, 0.15) is 19.3 Å². The van der Waals surface area contributed by atoms with Gasteiger partial charge in [0, 0.05) is 25.7 Å². The van der Waals surface area contributed by atoms with Crippen LogP contribution in [0.4, 0.5) is 0 Å². The number of ether oxygens (including phenoxy) is 4. The molecule has 17 nitrogen and oxygen atoms in total. The fourth-order valence-electron chi connectivity index (χ4n) is 9.61. The molecule has 3 N–H and O–H groups in total. The van der Waals surface area contributed by atoms with Crippen molar-refractivity contribution in [3.63, 3.8) is 0 Å². The molecular weight excluding hydrogens is 1170 g/mol. The Morgan fingerprint density at radius 2 is 0.539 bits per heavy atom. The third-order valence-corrected chi connectivity index (χ3v) is 17.0. The van der Waals surface area contributed by atoms with Crippen molar-refractivity contribution in [3.05, 3.63) is 48.6 Å². The number of carbonyl (C=O) groups excluding carboxylic acids is 4. The topological polar surface area (TPSA) is 237 Å². The molecule has 19 heteroatoms. The Balaban J connectivity index is 5.30. The molecule has 520 valence electrons. The van der Waals surface area contributed by atoms with Crippen LogP contribution in [0.1, 0.15) is 317 Å². The first-order valence-electron chi connectivity index (χ1n) is 35.4. The number of aliphatic hydroxyl groups is 1. The Morgan fingerprint density at radius 3 is 0.820 bits per heavy atom. The van der Waals surface area contributed by atoms with Crippen molar-refractivity contribution in [2.75, 3.05) is 39.6 Å². The highest BCUT2D eigenvalue weighted by atomic mass is 31.2. The van der Waals surface area contributed by atoms with Gasteiger partial charge in [-0.25, -0.2) is 9.13 Å². The van der Waals surface area contributed by atoms with E-state index in [1.54, 1.807) is 0 Å². The molecule has 0 heterocycles. The van der Waals surface area contributed by atoms with Gasteiger partial charge in [0.15, 0.2) is 12.2 Å². The van der Waals surface area contributed by atoms with Crippen LogP contribution in [0, 0.1) is 0 Å².